The first-order valence-corrected chi connectivity index (χ1v) is 20.2. The van der Waals surface area contributed by atoms with Gasteiger partial charge in [-0.3, -0.25) is 14.3 Å². The highest BCUT2D eigenvalue weighted by Gasteiger charge is 2.56. The summed E-state index contributed by atoms with van der Waals surface area (Å²) >= 11 is 0. The van der Waals surface area contributed by atoms with Gasteiger partial charge in [-0.25, -0.2) is 9.46 Å². The van der Waals surface area contributed by atoms with Gasteiger partial charge in [0.15, 0.2) is 0 Å². The summed E-state index contributed by atoms with van der Waals surface area (Å²) in [6.45, 7) is 14.3. The molecule has 0 aliphatic carbocycles. The van der Waals surface area contributed by atoms with Gasteiger partial charge >= 0.3 is 5.69 Å². The Hall–Kier alpha value is -4.34. The zero-order valence-electron chi connectivity index (χ0n) is 33.9. The molecule has 0 spiro atoms. The molecule has 4 atom stereocenters. The second-order valence-corrected chi connectivity index (χ2v) is 16.2. The van der Waals surface area contributed by atoms with E-state index in [-0.39, 0.29) is 44.1 Å². The molecule has 1 aliphatic rings. The molecule has 300 valence electrons. The zero-order valence-corrected chi connectivity index (χ0v) is 34.7. The second-order valence-electron chi connectivity index (χ2n) is 14.8. The topological polar surface area (TPSA) is 137 Å². The van der Waals surface area contributed by atoms with E-state index >= 15 is 0 Å². The summed E-state index contributed by atoms with van der Waals surface area (Å²) in [4.78, 5) is 28.3. The van der Waals surface area contributed by atoms with Gasteiger partial charge in [0.1, 0.15) is 35.0 Å². The molecule has 0 saturated carbocycles. The minimum atomic E-state index is -1.72. The fourth-order valence-electron chi connectivity index (χ4n) is 7.36. The van der Waals surface area contributed by atoms with Crippen molar-refractivity contribution in [3.63, 3.8) is 0 Å². The van der Waals surface area contributed by atoms with Crippen molar-refractivity contribution in [2.45, 2.75) is 96.9 Å². The van der Waals surface area contributed by atoms with Crippen molar-refractivity contribution in [2.24, 2.45) is 5.92 Å². The fraction of sp³-hybridized carbons (Fsp3) is 0.465. The Morgan fingerprint density at radius 2 is 1.46 bits per heavy atom. The molecule has 0 bridgehead atoms. The smallest absolute Gasteiger partial charge is 0.330 e. The number of aromatic nitrogens is 2. The molecule has 56 heavy (non-hydrogen) atoms. The number of nitrogens with one attached hydrogen (secondary N) is 1. The predicted octanol–water partition coefficient (Wildman–Crippen LogP) is 7.85. The van der Waals surface area contributed by atoms with Crippen LogP contribution in [0.25, 0.3) is 0 Å². The third-order valence-corrected chi connectivity index (χ3v) is 12.5. The van der Waals surface area contributed by atoms with E-state index in [1.54, 1.807) is 21.1 Å². The van der Waals surface area contributed by atoms with Crippen molar-refractivity contribution in [1.82, 2.24) is 14.2 Å². The van der Waals surface area contributed by atoms with Crippen molar-refractivity contribution in [2.75, 3.05) is 27.4 Å². The Morgan fingerprint density at radius 3 is 1.96 bits per heavy atom. The molecule has 2 heterocycles. The Labute approximate surface area is 331 Å². The summed E-state index contributed by atoms with van der Waals surface area (Å²) < 4.78 is 42.9. The van der Waals surface area contributed by atoms with Crippen LogP contribution in [0.3, 0.4) is 0 Å². The lowest BCUT2D eigenvalue weighted by Crippen LogP contribution is -2.52. The predicted molar refractivity (Wildman–Crippen MR) is 217 cm³/mol. The maximum atomic E-state index is 13.4. The molecule has 0 amide bonds. The maximum absolute atomic E-state index is 13.4. The van der Waals surface area contributed by atoms with E-state index < -0.39 is 43.3 Å². The van der Waals surface area contributed by atoms with E-state index in [1.165, 1.54) is 10.8 Å². The van der Waals surface area contributed by atoms with E-state index in [0.717, 1.165) is 16.7 Å². The number of aromatic amines is 1. The summed E-state index contributed by atoms with van der Waals surface area (Å²) in [5, 5.41) is 9.41. The molecule has 13 heteroatoms. The normalized spacial score (nSPS) is 19.1. The molecular weight excluding hydrogens is 731 g/mol. The Bertz CT molecular complexity index is 1970. The highest BCUT2D eigenvalue weighted by molar-refractivity contribution is 7.44. The van der Waals surface area contributed by atoms with Crippen molar-refractivity contribution < 1.29 is 28.0 Å². The third kappa shape index (κ3) is 8.94. The van der Waals surface area contributed by atoms with Crippen LogP contribution in [0.15, 0.2) is 94.6 Å². The van der Waals surface area contributed by atoms with Gasteiger partial charge in [0.05, 0.1) is 39.9 Å². The van der Waals surface area contributed by atoms with E-state index in [2.05, 4.69) is 57.3 Å². The van der Waals surface area contributed by atoms with E-state index in [0.29, 0.717) is 17.1 Å². The van der Waals surface area contributed by atoms with Crippen LogP contribution < -0.4 is 20.7 Å². The first kappa shape index (κ1) is 42.8. The van der Waals surface area contributed by atoms with Gasteiger partial charge in [0.2, 0.25) is 0 Å². The minimum Gasteiger partial charge on any atom is -0.497 e. The lowest BCUT2D eigenvalue weighted by Gasteiger charge is -2.44. The molecule has 1 aromatic heterocycles. The van der Waals surface area contributed by atoms with Crippen LogP contribution in [0, 0.1) is 24.2 Å². The first-order chi connectivity index (χ1) is 26.8. The lowest BCUT2D eigenvalue weighted by molar-refractivity contribution is -0.178. The standard InChI is InChI=1S/C43H55N4O8P/c1-29(2)42(28-52-43(33-14-11-10-12-15-33,34-16-20-36(50-8)21-17-34)35-18-22-37(51-9)23-19-35)38(26-39(54-42)46-27-32(7)40(48)45-41(46)49)55-56(53-25-13-24-44)47(30(3)4)31(5)6/h10-12,14-23,27,29-31,38-39H,13,25-26,28H2,1-9H3,(H,45,48,49)/t38-,39+,42-,56?/m0/s1. The van der Waals surface area contributed by atoms with Crippen molar-refractivity contribution >= 4 is 8.53 Å². The SMILES string of the molecule is COc1ccc(C(OC[C@@]2(C(C)C)O[C@@H](n3cc(C)c(=O)[nH]c3=O)C[C@@H]2OP(OCCC#N)N(C(C)C)C(C)C)(c2ccccc2)c2ccc(OC)cc2)cc1. The van der Waals surface area contributed by atoms with Gasteiger partial charge in [-0.05, 0) is 81.5 Å². The summed E-state index contributed by atoms with van der Waals surface area (Å²) in [6.07, 6.45) is 0.499. The van der Waals surface area contributed by atoms with Gasteiger partial charge < -0.3 is 28.0 Å². The number of ether oxygens (including phenoxy) is 4. The van der Waals surface area contributed by atoms with Crippen molar-refractivity contribution in [1.29, 1.82) is 5.26 Å². The number of nitrogens with zero attached hydrogens (tertiary/aromatic N) is 3. The van der Waals surface area contributed by atoms with E-state index in [4.69, 9.17) is 28.0 Å². The van der Waals surface area contributed by atoms with Gasteiger partial charge in [-0.2, -0.15) is 5.26 Å². The number of benzene rings is 3. The van der Waals surface area contributed by atoms with Crippen molar-refractivity contribution in [3.8, 4) is 17.6 Å². The van der Waals surface area contributed by atoms with Gasteiger partial charge in [-0.1, -0.05) is 68.4 Å². The zero-order chi connectivity index (χ0) is 40.6. The van der Waals surface area contributed by atoms with E-state index in [9.17, 15) is 14.9 Å². The molecule has 1 saturated heterocycles. The number of hydrogen-bond acceptors (Lipinski definition) is 10. The largest absolute Gasteiger partial charge is 0.497 e. The monoisotopic (exact) mass is 786 g/mol. The van der Waals surface area contributed by atoms with Crippen LogP contribution in [-0.2, 0) is 24.1 Å². The third-order valence-electron chi connectivity index (χ3n) is 10.3. The Morgan fingerprint density at radius 1 is 0.911 bits per heavy atom. The van der Waals surface area contributed by atoms with Crippen LogP contribution in [0.2, 0.25) is 0 Å². The Kier molecular flexibility index (Phi) is 14.3. The van der Waals surface area contributed by atoms with Crippen molar-refractivity contribution in [3.05, 3.63) is 128 Å². The van der Waals surface area contributed by atoms with Gasteiger partial charge in [0, 0.05) is 30.3 Å². The van der Waals surface area contributed by atoms with Gasteiger partial charge in [0.25, 0.3) is 14.1 Å². The number of methoxy groups -OCH3 is 2. The van der Waals surface area contributed by atoms with Crippen LogP contribution in [0.5, 0.6) is 11.5 Å². The molecule has 1 fully saturated rings. The average Bonchev–Trinajstić information content (AvgIpc) is 3.56. The summed E-state index contributed by atoms with van der Waals surface area (Å²) in [5.41, 5.74) is -0.428. The van der Waals surface area contributed by atoms with Gasteiger partial charge in [-0.15, -0.1) is 0 Å². The highest BCUT2D eigenvalue weighted by Crippen LogP contribution is 2.54. The molecule has 3 aromatic carbocycles. The van der Waals surface area contributed by atoms with Crippen LogP contribution >= 0.6 is 8.53 Å². The number of H-pyrrole nitrogens is 1. The maximum Gasteiger partial charge on any atom is 0.330 e. The molecular formula is C43H55N4O8P. The number of nitriles is 1. The first-order valence-electron chi connectivity index (χ1n) is 19.0. The second kappa shape index (κ2) is 18.7. The quantitative estimate of drug-likeness (QED) is 0.0603. The highest BCUT2D eigenvalue weighted by atomic mass is 31.2. The molecule has 1 aliphatic heterocycles. The van der Waals surface area contributed by atoms with Crippen LogP contribution in [0.1, 0.15) is 82.9 Å². The average molecular weight is 787 g/mol. The summed E-state index contributed by atoms with van der Waals surface area (Å²) in [7, 11) is 1.54. The van der Waals surface area contributed by atoms with Crippen LogP contribution in [0.4, 0.5) is 0 Å². The number of hydrogen-bond donors (Lipinski definition) is 1. The molecule has 0 radical (unpaired) electrons. The molecule has 1 unspecified atom stereocenters. The molecule has 4 aromatic rings. The number of aryl methyl sites for hydroxylation is 1. The molecule has 12 nitrogen and oxygen atoms in total. The molecule has 5 rings (SSSR count). The molecule has 1 N–H and O–H groups in total. The fourth-order valence-corrected chi connectivity index (χ4v) is 9.15. The Balaban J connectivity index is 1.71. The minimum absolute atomic E-state index is 0.0145. The van der Waals surface area contributed by atoms with E-state index in [1.807, 2.05) is 78.9 Å². The summed E-state index contributed by atoms with van der Waals surface area (Å²) in [6, 6.07) is 27.9. The summed E-state index contributed by atoms with van der Waals surface area (Å²) in [5.74, 6) is 1.18. The van der Waals surface area contributed by atoms with Crippen LogP contribution in [-0.4, -0.2) is 65.4 Å². The number of rotatable bonds is 18. The lowest BCUT2D eigenvalue weighted by atomic mass is 9.79.